The Morgan fingerprint density at radius 2 is 1.97 bits per heavy atom. The molecule has 0 saturated carbocycles. The number of benzene rings is 1. The van der Waals surface area contributed by atoms with Gasteiger partial charge in [-0.1, -0.05) is 43.7 Å². The Morgan fingerprint density at radius 1 is 1.24 bits per heavy atom. The van der Waals surface area contributed by atoms with Gasteiger partial charge in [0.15, 0.2) is 5.96 Å². The number of aliphatic hydroxyl groups excluding tert-OH is 1. The summed E-state index contributed by atoms with van der Waals surface area (Å²) in [6.45, 7) is 9.75. The summed E-state index contributed by atoms with van der Waals surface area (Å²) in [7, 11) is 0. The number of hydrogen-bond donors (Lipinski definition) is 3. The summed E-state index contributed by atoms with van der Waals surface area (Å²) in [5, 5.41) is 17.0. The summed E-state index contributed by atoms with van der Waals surface area (Å²) in [5.74, 6) is 0.789. The predicted octanol–water partition coefficient (Wildman–Crippen LogP) is 3.00. The van der Waals surface area contributed by atoms with Gasteiger partial charge in [0.2, 0.25) is 0 Å². The highest BCUT2D eigenvalue weighted by molar-refractivity contribution is 14.0. The molecule has 0 spiro atoms. The molecule has 1 aromatic rings. The van der Waals surface area contributed by atoms with Crippen molar-refractivity contribution in [3.63, 3.8) is 0 Å². The summed E-state index contributed by atoms with van der Waals surface area (Å²) >= 11 is 0. The number of nitrogens with one attached hydrogen (secondary N) is 2. The van der Waals surface area contributed by atoms with Crippen molar-refractivity contribution in [1.29, 1.82) is 0 Å². The second-order valence-corrected chi connectivity index (χ2v) is 7.49. The molecule has 1 fully saturated rings. The van der Waals surface area contributed by atoms with Crippen LogP contribution in [0.1, 0.15) is 45.1 Å². The first-order valence-electron chi connectivity index (χ1n) is 10.8. The van der Waals surface area contributed by atoms with Gasteiger partial charge in [0.25, 0.3) is 0 Å². The van der Waals surface area contributed by atoms with Crippen LogP contribution in [0.4, 0.5) is 0 Å². The van der Waals surface area contributed by atoms with E-state index in [0.29, 0.717) is 19.2 Å². The van der Waals surface area contributed by atoms with Crippen molar-refractivity contribution in [3.05, 3.63) is 35.9 Å². The molecule has 0 bridgehead atoms. The predicted molar refractivity (Wildman–Crippen MR) is 131 cm³/mol. The minimum atomic E-state index is -0.602. The van der Waals surface area contributed by atoms with E-state index in [4.69, 9.17) is 4.74 Å². The Hall–Kier alpha value is -0.900. The summed E-state index contributed by atoms with van der Waals surface area (Å²) in [6.07, 6.45) is 4.21. The zero-order valence-electron chi connectivity index (χ0n) is 18.0. The number of piperidine rings is 1. The highest BCUT2D eigenvalue weighted by atomic mass is 127. The fourth-order valence-electron chi connectivity index (χ4n) is 3.33. The number of rotatable bonds is 11. The Balaban J connectivity index is 0.00000420. The van der Waals surface area contributed by atoms with Gasteiger partial charge in [0.05, 0.1) is 25.9 Å². The molecule has 7 heteroatoms. The average Bonchev–Trinajstić information content (AvgIpc) is 2.72. The number of halogens is 1. The summed E-state index contributed by atoms with van der Waals surface area (Å²) in [6, 6.07) is 10.4. The number of ether oxygens (including phenoxy) is 1. The fraction of sp³-hybridized carbons (Fsp3) is 0.682. The van der Waals surface area contributed by atoms with Gasteiger partial charge in [-0.25, -0.2) is 0 Å². The molecule has 1 aromatic carbocycles. The highest BCUT2D eigenvalue weighted by Gasteiger charge is 2.19. The van der Waals surface area contributed by atoms with Crippen LogP contribution in [-0.4, -0.2) is 67.4 Å². The quantitative estimate of drug-likeness (QED) is 0.239. The SMILES string of the molecule is CCCCN1CCC(NC(=NCC(O)COCc2ccccc2)NCC)CC1.I. The third kappa shape index (κ3) is 11.2. The maximum Gasteiger partial charge on any atom is 0.191 e. The van der Waals surface area contributed by atoms with E-state index < -0.39 is 6.10 Å². The van der Waals surface area contributed by atoms with Crippen LogP contribution in [0.15, 0.2) is 35.3 Å². The molecular formula is C22H39IN4O2. The molecule has 1 aliphatic rings. The maximum atomic E-state index is 10.2. The molecule has 0 aromatic heterocycles. The Morgan fingerprint density at radius 3 is 2.62 bits per heavy atom. The monoisotopic (exact) mass is 518 g/mol. The zero-order valence-corrected chi connectivity index (χ0v) is 20.3. The van der Waals surface area contributed by atoms with Crippen molar-refractivity contribution in [2.24, 2.45) is 4.99 Å². The van der Waals surface area contributed by atoms with Crippen LogP contribution >= 0.6 is 24.0 Å². The van der Waals surface area contributed by atoms with Gasteiger partial charge in [0.1, 0.15) is 0 Å². The van der Waals surface area contributed by atoms with Gasteiger partial charge in [-0.05, 0) is 38.3 Å². The lowest BCUT2D eigenvalue weighted by atomic mass is 10.0. The number of nitrogens with zero attached hydrogens (tertiary/aromatic N) is 2. The Labute approximate surface area is 193 Å². The topological polar surface area (TPSA) is 69.1 Å². The highest BCUT2D eigenvalue weighted by Crippen LogP contribution is 2.11. The summed E-state index contributed by atoms with van der Waals surface area (Å²) in [4.78, 5) is 7.11. The average molecular weight is 518 g/mol. The van der Waals surface area contributed by atoms with Crippen molar-refractivity contribution in [3.8, 4) is 0 Å². The third-order valence-corrected chi connectivity index (χ3v) is 4.98. The molecule has 0 aliphatic carbocycles. The summed E-state index contributed by atoms with van der Waals surface area (Å²) < 4.78 is 5.60. The number of aliphatic hydroxyl groups is 1. The first-order valence-corrected chi connectivity index (χ1v) is 10.8. The number of unbranched alkanes of at least 4 members (excludes halogenated alkanes) is 1. The molecule has 29 heavy (non-hydrogen) atoms. The fourth-order valence-corrected chi connectivity index (χ4v) is 3.33. The summed E-state index contributed by atoms with van der Waals surface area (Å²) in [5.41, 5.74) is 1.11. The Bertz CT molecular complexity index is 551. The second-order valence-electron chi connectivity index (χ2n) is 7.49. The standard InChI is InChI=1S/C22H38N4O2.HI/c1-3-5-13-26-14-11-20(12-15-26)25-22(23-4-2)24-16-21(27)18-28-17-19-9-7-6-8-10-19;/h6-10,20-21,27H,3-5,11-18H2,1-2H3,(H2,23,24,25);1H. The van der Waals surface area contributed by atoms with E-state index in [0.717, 1.165) is 44.0 Å². The van der Waals surface area contributed by atoms with Crippen LogP contribution in [0, 0.1) is 0 Å². The largest absolute Gasteiger partial charge is 0.389 e. The minimum absolute atomic E-state index is 0. The number of aliphatic imine (C=N–C) groups is 1. The first kappa shape index (κ1) is 26.1. The molecule has 1 unspecified atom stereocenters. The van der Waals surface area contributed by atoms with Gasteiger partial charge in [-0.2, -0.15) is 0 Å². The molecule has 6 nitrogen and oxygen atoms in total. The lowest BCUT2D eigenvalue weighted by Crippen LogP contribution is -2.49. The van der Waals surface area contributed by atoms with Crippen LogP contribution in [0.3, 0.4) is 0 Å². The molecular weight excluding hydrogens is 479 g/mol. The molecule has 166 valence electrons. The van der Waals surface area contributed by atoms with Crippen molar-refractivity contribution >= 4 is 29.9 Å². The van der Waals surface area contributed by atoms with Crippen LogP contribution in [0.2, 0.25) is 0 Å². The second kappa shape index (κ2) is 15.9. The van der Waals surface area contributed by atoms with Gasteiger partial charge in [0, 0.05) is 25.7 Å². The molecule has 0 radical (unpaired) electrons. The molecule has 1 aliphatic heterocycles. The van der Waals surface area contributed by atoms with E-state index in [9.17, 15) is 5.11 Å². The van der Waals surface area contributed by atoms with Crippen molar-refractivity contribution in [1.82, 2.24) is 15.5 Å². The zero-order chi connectivity index (χ0) is 20.0. The van der Waals surface area contributed by atoms with E-state index in [2.05, 4.69) is 34.4 Å². The van der Waals surface area contributed by atoms with Gasteiger partial charge >= 0.3 is 0 Å². The van der Waals surface area contributed by atoms with E-state index in [1.165, 1.54) is 19.4 Å². The van der Waals surface area contributed by atoms with Crippen LogP contribution in [-0.2, 0) is 11.3 Å². The molecule has 3 N–H and O–H groups in total. The van der Waals surface area contributed by atoms with Crippen LogP contribution in [0.5, 0.6) is 0 Å². The van der Waals surface area contributed by atoms with E-state index in [1.54, 1.807) is 0 Å². The van der Waals surface area contributed by atoms with Gasteiger partial charge in [-0.15, -0.1) is 24.0 Å². The smallest absolute Gasteiger partial charge is 0.191 e. The van der Waals surface area contributed by atoms with Crippen molar-refractivity contribution in [2.45, 2.75) is 58.3 Å². The minimum Gasteiger partial charge on any atom is -0.389 e. The Kier molecular flexibility index (Phi) is 14.3. The van der Waals surface area contributed by atoms with Gasteiger partial charge < -0.3 is 25.4 Å². The maximum absolute atomic E-state index is 10.2. The molecule has 2 rings (SSSR count). The lowest BCUT2D eigenvalue weighted by Gasteiger charge is -2.33. The lowest BCUT2D eigenvalue weighted by molar-refractivity contribution is 0.0331. The van der Waals surface area contributed by atoms with Crippen molar-refractivity contribution < 1.29 is 9.84 Å². The first-order chi connectivity index (χ1) is 13.7. The molecule has 0 amide bonds. The normalized spacial score (nSPS) is 16.9. The number of likely N-dealkylation sites (tertiary alicyclic amines) is 1. The van der Waals surface area contributed by atoms with Crippen molar-refractivity contribution in [2.75, 3.05) is 39.3 Å². The van der Waals surface area contributed by atoms with E-state index in [1.807, 2.05) is 30.3 Å². The number of guanidine groups is 1. The van der Waals surface area contributed by atoms with Crippen LogP contribution < -0.4 is 10.6 Å². The van der Waals surface area contributed by atoms with E-state index in [-0.39, 0.29) is 30.6 Å². The molecule has 1 atom stereocenters. The third-order valence-electron chi connectivity index (χ3n) is 4.98. The number of hydrogen-bond acceptors (Lipinski definition) is 4. The molecule has 1 saturated heterocycles. The van der Waals surface area contributed by atoms with Crippen LogP contribution in [0.25, 0.3) is 0 Å². The van der Waals surface area contributed by atoms with E-state index >= 15 is 0 Å². The van der Waals surface area contributed by atoms with Gasteiger partial charge in [-0.3, -0.25) is 4.99 Å². The molecule has 1 heterocycles.